The fourth-order valence-corrected chi connectivity index (χ4v) is 4.87. The molecule has 2 fully saturated rings. The van der Waals surface area contributed by atoms with Crippen LogP contribution in [0.15, 0.2) is 42.5 Å². The minimum Gasteiger partial charge on any atom is -0.319 e. The molecule has 0 aromatic heterocycles. The van der Waals surface area contributed by atoms with Gasteiger partial charge in [-0.2, -0.15) is 0 Å². The Kier molecular flexibility index (Phi) is 3.03. The third-order valence-electron chi connectivity index (χ3n) is 5.69. The van der Waals surface area contributed by atoms with Gasteiger partial charge in [-0.3, -0.25) is 0 Å². The van der Waals surface area contributed by atoms with Gasteiger partial charge in [0.25, 0.3) is 0 Å². The van der Waals surface area contributed by atoms with Crippen LogP contribution in [0.25, 0.3) is 10.8 Å². The summed E-state index contributed by atoms with van der Waals surface area (Å²) in [5, 5.41) is 6.20. The maximum absolute atomic E-state index is 3.43. The van der Waals surface area contributed by atoms with E-state index in [1.54, 1.807) is 5.56 Å². The molecule has 0 spiro atoms. The van der Waals surface area contributed by atoms with Crippen LogP contribution in [-0.2, 0) is 0 Å². The van der Waals surface area contributed by atoms with Crippen molar-refractivity contribution in [3.8, 4) is 0 Å². The molecule has 104 valence electrons. The predicted molar refractivity (Wildman–Crippen MR) is 84.9 cm³/mol. The SMILES string of the molecule is CNC[C@H]1[C@H]2CC[C@@H](C2)[C@@H]1c1ccc2ccccc2c1. The molecule has 2 aromatic carbocycles. The van der Waals surface area contributed by atoms with Gasteiger partial charge in [-0.25, -0.2) is 0 Å². The zero-order valence-electron chi connectivity index (χ0n) is 12.2. The molecule has 0 unspecified atom stereocenters. The Morgan fingerprint density at radius 3 is 2.65 bits per heavy atom. The molecule has 4 atom stereocenters. The van der Waals surface area contributed by atoms with E-state index in [1.165, 1.54) is 36.6 Å². The lowest BCUT2D eigenvalue weighted by Gasteiger charge is -2.31. The molecule has 1 nitrogen and oxygen atoms in total. The summed E-state index contributed by atoms with van der Waals surface area (Å²) in [6.45, 7) is 1.18. The fourth-order valence-electron chi connectivity index (χ4n) is 4.87. The molecule has 1 N–H and O–H groups in total. The van der Waals surface area contributed by atoms with Crippen molar-refractivity contribution in [3.63, 3.8) is 0 Å². The van der Waals surface area contributed by atoms with Crippen molar-refractivity contribution >= 4 is 10.8 Å². The normalized spacial score (nSPS) is 32.0. The number of nitrogens with one attached hydrogen (secondary N) is 1. The van der Waals surface area contributed by atoms with Crippen molar-refractivity contribution in [2.45, 2.75) is 25.2 Å². The highest BCUT2D eigenvalue weighted by Gasteiger charge is 2.47. The van der Waals surface area contributed by atoms with E-state index >= 15 is 0 Å². The molecule has 20 heavy (non-hydrogen) atoms. The van der Waals surface area contributed by atoms with E-state index in [9.17, 15) is 0 Å². The first-order valence-corrected chi connectivity index (χ1v) is 8.00. The Balaban J connectivity index is 1.73. The molecule has 4 rings (SSSR count). The molecule has 0 saturated heterocycles. The second kappa shape index (κ2) is 4.89. The van der Waals surface area contributed by atoms with Crippen LogP contribution in [0, 0.1) is 17.8 Å². The monoisotopic (exact) mass is 265 g/mol. The maximum atomic E-state index is 3.43. The Morgan fingerprint density at radius 2 is 1.80 bits per heavy atom. The molecule has 2 saturated carbocycles. The molecule has 0 heterocycles. The van der Waals surface area contributed by atoms with Crippen molar-refractivity contribution in [1.82, 2.24) is 5.32 Å². The number of fused-ring (bicyclic) bond motifs is 3. The fraction of sp³-hybridized carbons (Fsp3) is 0.474. The standard InChI is InChI=1S/C19H23N/c1-20-12-18-15-7-9-17(11-15)19(18)16-8-6-13-4-2-3-5-14(13)10-16/h2-6,8,10,15,17-20H,7,9,11-12H2,1H3/t15-,17-,18-,19-/m0/s1. The van der Waals surface area contributed by atoms with Crippen molar-refractivity contribution in [3.05, 3.63) is 48.0 Å². The molecular weight excluding hydrogens is 242 g/mol. The summed E-state index contributed by atoms with van der Waals surface area (Å²) >= 11 is 0. The van der Waals surface area contributed by atoms with Crippen molar-refractivity contribution in [2.24, 2.45) is 17.8 Å². The molecule has 1 heteroatoms. The van der Waals surface area contributed by atoms with E-state index in [0.29, 0.717) is 0 Å². The van der Waals surface area contributed by atoms with Crippen LogP contribution in [0.3, 0.4) is 0 Å². The Labute approximate surface area is 121 Å². The Bertz CT molecular complexity index is 618. The number of benzene rings is 2. The van der Waals surface area contributed by atoms with E-state index < -0.39 is 0 Å². The Morgan fingerprint density at radius 1 is 1.00 bits per heavy atom. The molecule has 2 aliphatic rings. The zero-order valence-corrected chi connectivity index (χ0v) is 12.2. The van der Waals surface area contributed by atoms with Gasteiger partial charge in [0.15, 0.2) is 0 Å². The average molecular weight is 265 g/mol. The summed E-state index contributed by atoms with van der Waals surface area (Å²) in [5.41, 5.74) is 1.58. The number of hydrogen-bond acceptors (Lipinski definition) is 1. The third-order valence-corrected chi connectivity index (χ3v) is 5.69. The van der Waals surface area contributed by atoms with Gasteiger partial charge in [-0.15, -0.1) is 0 Å². The van der Waals surface area contributed by atoms with E-state index in [1.807, 2.05) is 0 Å². The van der Waals surface area contributed by atoms with Crippen molar-refractivity contribution in [2.75, 3.05) is 13.6 Å². The van der Waals surface area contributed by atoms with Gasteiger partial charge >= 0.3 is 0 Å². The second-order valence-electron chi connectivity index (χ2n) is 6.69. The molecule has 2 aromatic rings. The molecular formula is C19H23N. The van der Waals surface area contributed by atoms with E-state index in [0.717, 1.165) is 23.7 Å². The molecule has 0 radical (unpaired) electrons. The largest absolute Gasteiger partial charge is 0.319 e. The van der Waals surface area contributed by atoms with Gasteiger partial charge in [-0.1, -0.05) is 42.5 Å². The van der Waals surface area contributed by atoms with E-state index in [2.05, 4.69) is 54.8 Å². The van der Waals surface area contributed by atoms with Crippen LogP contribution < -0.4 is 5.32 Å². The van der Waals surface area contributed by atoms with Crippen LogP contribution in [-0.4, -0.2) is 13.6 Å². The minimum absolute atomic E-state index is 0.783. The summed E-state index contributed by atoms with van der Waals surface area (Å²) in [6.07, 6.45) is 4.37. The van der Waals surface area contributed by atoms with Gasteiger partial charge in [0.05, 0.1) is 0 Å². The van der Waals surface area contributed by atoms with Crippen LogP contribution in [0.4, 0.5) is 0 Å². The first kappa shape index (κ1) is 12.4. The van der Waals surface area contributed by atoms with Gasteiger partial charge < -0.3 is 5.32 Å². The lowest BCUT2D eigenvalue weighted by atomic mass is 9.75. The van der Waals surface area contributed by atoms with Crippen molar-refractivity contribution < 1.29 is 0 Å². The van der Waals surface area contributed by atoms with Gasteiger partial charge in [-0.05, 0) is 72.9 Å². The van der Waals surface area contributed by atoms with E-state index in [-0.39, 0.29) is 0 Å². The summed E-state index contributed by atoms with van der Waals surface area (Å²) in [5.74, 6) is 3.52. The average Bonchev–Trinajstić information content (AvgIpc) is 3.08. The smallest absolute Gasteiger partial charge is 0.00149 e. The lowest BCUT2D eigenvalue weighted by molar-refractivity contribution is 0.282. The zero-order chi connectivity index (χ0) is 13.5. The maximum Gasteiger partial charge on any atom is -0.00149 e. The summed E-state index contributed by atoms with van der Waals surface area (Å²) in [6, 6.07) is 15.9. The number of hydrogen-bond donors (Lipinski definition) is 1. The highest BCUT2D eigenvalue weighted by atomic mass is 14.8. The first-order chi connectivity index (χ1) is 9.86. The van der Waals surface area contributed by atoms with Gasteiger partial charge in [0.1, 0.15) is 0 Å². The van der Waals surface area contributed by atoms with Gasteiger partial charge in [0, 0.05) is 0 Å². The molecule has 0 aliphatic heterocycles. The van der Waals surface area contributed by atoms with Crippen LogP contribution >= 0.6 is 0 Å². The van der Waals surface area contributed by atoms with Gasteiger partial charge in [0.2, 0.25) is 0 Å². The van der Waals surface area contributed by atoms with Crippen molar-refractivity contribution in [1.29, 1.82) is 0 Å². The van der Waals surface area contributed by atoms with E-state index in [4.69, 9.17) is 0 Å². The highest BCUT2D eigenvalue weighted by molar-refractivity contribution is 5.83. The van der Waals surface area contributed by atoms with Crippen LogP contribution in [0.1, 0.15) is 30.7 Å². The molecule has 2 aliphatic carbocycles. The summed E-state index contributed by atoms with van der Waals surface area (Å²) < 4.78 is 0. The quantitative estimate of drug-likeness (QED) is 0.877. The summed E-state index contributed by atoms with van der Waals surface area (Å²) in [4.78, 5) is 0. The highest BCUT2D eigenvalue weighted by Crippen LogP contribution is 2.56. The first-order valence-electron chi connectivity index (χ1n) is 8.00. The lowest BCUT2D eigenvalue weighted by Crippen LogP contribution is -2.29. The number of rotatable bonds is 3. The predicted octanol–water partition coefficient (Wildman–Crippen LogP) is 4.19. The molecule has 0 amide bonds. The second-order valence-corrected chi connectivity index (χ2v) is 6.69. The van der Waals surface area contributed by atoms with Crippen LogP contribution in [0.2, 0.25) is 0 Å². The van der Waals surface area contributed by atoms with Crippen LogP contribution in [0.5, 0.6) is 0 Å². The minimum atomic E-state index is 0.783. The third kappa shape index (κ3) is 1.88. The molecule has 2 bridgehead atoms. The topological polar surface area (TPSA) is 12.0 Å². The Hall–Kier alpha value is -1.34. The summed E-state index contributed by atoms with van der Waals surface area (Å²) in [7, 11) is 2.10.